The first-order chi connectivity index (χ1) is 11.6. The van der Waals surface area contributed by atoms with Crippen LogP contribution in [0, 0.1) is 5.92 Å². The lowest BCUT2D eigenvalue weighted by Crippen LogP contribution is -2.48. The molecule has 0 aromatic carbocycles. The van der Waals surface area contributed by atoms with Crippen LogP contribution in [0.4, 0.5) is 4.79 Å². The zero-order valence-corrected chi connectivity index (χ0v) is 15.2. The third kappa shape index (κ3) is 4.31. The van der Waals surface area contributed by atoms with E-state index in [0.29, 0.717) is 17.9 Å². The highest BCUT2D eigenvalue weighted by Gasteiger charge is 2.25. The van der Waals surface area contributed by atoms with Crippen LogP contribution in [0.15, 0.2) is 12.4 Å². The summed E-state index contributed by atoms with van der Waals surface area (Å²) in [6, 6.07) is 0.564. The van der Waals surface area contributed by atoms with Gasteiger partial charge in [-0.15, -0.1) is 0 Å². The molecule has 2 heterocycles. The summed E-state index contributed by atoms with van der Waals surface area (Å²) in [7, 11) is 0. The van der Waals surface area contributed by atoms with Crippen molar-refractivity contribution in [1.29, 1.82) is 0 Å². The van der Waals surface area contributed by atoms with Crippen LogP contribution in [0.3, 0.4) is 0 Å². The maximum Gasteiger partial charge on any atom is 0.317 e. The quantitative estimate of drug-likeness (QED) is 0.912. The van der Waals surface area contributed by atoms with E-state index in [-0.39, 0.29) is 6.03 Å². The van der Waals surface area contributed by atoms with Gasteiger partial charge in [-0.25, -0.2) is 9.78 Å². The van der Waals surface area contributed by atoms with Crippen LogP contribution in [0.2, 0.25) is 0 Å². The first-order valence-electron chi connectivity index (χ1n) is 9.70. The molecule has 0 bridgehead atoms. The Hall–Kier alpha value is -1.52. The number of nitrogens with one attached hydrogen (secondary N) is 1. The Bertz CT molecular complexity index is 525. The summed E-state index contributed by atoms with van der Waals surface area (Å²) >= 11 is 0. The van der Waals surface area contributed by atoms with Gasteiger partial charge < -0.3 is 14.8 Å². The summed E-state index contributed by atoms with van der Waals surface area (Å²) < 4.78 is 2.30. The zero-order valence-electron chi connectivity index (χ0n) is 15.2. The number of hydrogen-bond donors (Lipinski definition) is 1. The average molecular weight is 332 g/mol. The van der Waals surface area contributed by atoms with Gasteiger partial charge in [0, 0.05) is 44.0 Å². The Morgan fingerprint density at radius 1 is 1.21 bits per heavy atom. The van der Waals surface area contributed by atoms with Gasteiger partial charge in [-0.1, -0.05) is 33.1 Å². The van der Waals surface area contributed by atoms with E-state index >= 15 is 0 Å². The number of aromatic nitrogens is 2. The number of rotatable bonds is 4. The van der Waals surface area contributed by atoms with Gasteiger partial charge >= 0.3 is 6.03 Å². The maximum atomic E-state index is 12.4. The van der Waals surface area contributed by atoms with E-state index in [1.165, 1.54) is 25.1 Å². The van der Waals surface area contributed by atoms with Gasteiger partial charge in [0.25, 0.3) is 0 Å². The van der Waals surface area contributed by atoms with Gasteiger partial charge in [-0.05, 0) is 31.6 Å². The molecule has 1 saturated carbocycles. The van der Waals surface area contributed by atoms with E-state index < -0.39 is 0 Å². The lowest BCUT2D eigenvalue weighted by molar-refractivity contribution is 0.159. The minimum atomic E-state index is 0.158. The van der Waals surface area contributed by atoms with E-state index in [4.69, 9.17) is 0 Å². The number of piperidine rings is 1. The van der Waals surface area contributed by atoms with Crippen LogP contribution in [0.5, 0.6) is 0 Å². The molecular weight excluding hydrogens is 300 g/mol. The predicted octanol–water partition coefficient (Wildman–Crippen LogP) is 3.76. The molecule has 1 aromatic heterocycles. The summed E-state index contributed by atoms with van der Waals surface area (Å²) in [6.07, 6.45) is 12.3. The highest BCUT2D eigenvalue weighted by molar-refractivity contribution is 5.74. The number of urea groups is 1. The normalized spacial score (nSPS) is 20.5. The fourth-order valence-electron chi connectivity index (χ4n) is 4.09. The molecule has 2 aliphatic rings. The standard InChI is InChI=1S/C19H32N4O/c1-15(2)18-20-10-13-23(18)14-16-8-11-22(12-9-16)19(24)21-17-6-4-3-5-7-17/h10,13,15-17H,3-9,11-12,14H2,1-2H3,(H,21,24). The molecule has 5 nitrogen and oxygen atoms in total. The lowest BCUT2D eigenvalue weighted by Gasteiger charge is -2.34. The van der Waals surface area contributed by atoms with Gasteiger partial charge in [0.1, 0.15) is 5.82 Å². The third-order valence-corrected chi connectivity index (χ3v) is 5.55. The topological polar surface area (TPSA) is 50.2 Å². The van der Waals surface area contributed by atoms with Crippen LogP contribution >= 0.6 is 0 Å². The van der Waals surface area contributed by atoms with Crippen molar-refractivity contribution in [2.24, 2.45) is 5.92 Å². The van der Waals surface area contributed by atoms with Crippen LogP contribution < -0.4 is 5.32 Å². The van der Waals surface area contributed by atoms with Crippen molar-refractivity contribution >= 4 is 6.03 Å². The second-order valence-corrected chi connectivity index (χ2v) is 7.81. The van der Waals surface area contributed by atoms with Gasteiger partial charge in [0.15, 0.2) is 0 Å². The number of amides is 2. The van der Waals surface area contributed by atoms with Crippen molar-refractivity contribution in [3.63, 3.8) is 0 Å². The minimum absolute atomic E-state index is 0.158. The molecule has 3 rings (SSSR count). The predicted molar refractivity (Wildman–Crippen MR) is 96.0 cm³/mol. The molecule has 1 aliphatic carbocycles. The third-order valence-electron chi connectivity index (χ3n) is 5.55. The summed E-state index contributed by atoms with van der Waals surface area (Å²) in [5.41, 5.74) is 0. The Kier molecular flexibility index (Phi) is 5.80. The summed E-state index contributed by atoms with van der Waals surface area (Å²) in [5, 5.41) is 3.24. The molecule has 1 aromatic rings. The molecule has 1 N–H and O–H groups in total. The minimum Gasteiger partial charge on any atom is -0.335 e. The second kappa shape index (κ2) is 8.04. The second-order valence-electron chi connectivity index (χ2n) is 7.81. The molecule has 5 heteroatoms. The molecule has 0 radical (unpaired) electrons. The van der Waals surface area contributed by atoms with Crippen molar-refractivity contribution in [2.45, 2.75) is 77.3 Å². The van der Waals surface area contributed by atoms with Crippen molar-refractivity contribution in [2.75, 3.05) is 13.1 Å². The molecule has 134 valence electrons. The average Bonchev–Trinajstić information content (AvgIpc) is 3.05. The maximum absolute atomic E-state index is 12.4. The van der Waals surface area contributed by atoms with Crippen molar-refractivity contribution in [3.05, 3.63) is 18.2 Å². The molecule has 0 unspecified atom stereocenters. The Balaban J connectivity index is 1.45. The SMILES string of the molecule is CC(C)c1nccn1CC1CCN(C(=O)NC2CCCCC2)CC1. The van der Waals surface area contributed by atoms with E-state index in [2.05, 4.69) is 34.9 Å². The van der Waals surface area contributed by atoms with Crippen LogP contribution in [0.1, 0.15) is 70.5 Å². The zero-order chi connectivity index (χ0) is 16.9. The molecular formula is C19H32N4O. The number of imidazole rings is 1. The summed E-state index contributed by atoms with van der Waals surface area (Å²) in [5.74, 6) is 2.28. The lowest BCUT2D eigenvalue weighted by atomic mass is 9.95. The van der Waals surface area contributed by atoms with Gasteiger partial charge in [0.05, 0.1) is 0 Å². The molecule has 2 fully saturated rings. The number of nitrogens with zero attached hydrogens (tertiary/aromatic N) is 3. The van der Waals surface area contributed by atoms with Crippen molar-refractivity contribution in [1.82, 2.24) is 19.8 Å². The highest BCUT2D eigenvalue weighted by atomic mass is 16.2. The summed E-state index contributed by atoms with van der Waals surface area (Å²) in [4.78, 5) is 18.9. The summed E-state index contributed by atoms with van der Waals surface area (Å²) in [6.45, 7) is 7.18. The Morgan fingerprint density at radius 2 is 1.92 bits per heavy atom. The fourth-order valence-corrected chi connectivity index (χ4v) is 4.09. The van der Waals surface area contributed by atoms with E-state index in [1.807, 2.05) is 11.1 Å². The molecule has 1 saturated heterocycles. The number of hydrogen-bond acceptors (Lipinski definition) is 2. The van der Waals surface area contributed by atoms with Crippen LogP contribution in [0.25, 0.3) is 0 Å². The molecule has 24 heavy (non-hydrogen) atoms. The number of carbonyl (C=O) groups is 1. The van der Waals surface area contributed by atoms with E-state index in [9.17, 15) is 4.79 Å². The smallest absolute Gasteiger partial charge is 0.317 e. The van der Waals surface area contributed by atoms with E-state index in [1.54, 1.807) is 0 Å². The highest BCUT2D eigenvalue weighted by Crippen LogP contribution is 2.22. The van der Waals surface area contributed by atoms with Crippen molar-refractivity contribution in [3.8, 4) is 0 Å². The monoisotopic (exact) mass is 332 g/mol. The van der Waals surface area contributed by atoms with Crippen molar-refractivity contribution < 1.29 is 4.79 Å². The number of likely N-dealkylation sites (tertiary alicyclic amines) is 1. The Labute approximate surface area is 145 Å². The molecule has 0 atom stereocenters. The van der Waals surface area contributed by atoms with E-state index in [0.717, 1.165) is 45.3 Å². The molecule has 2 amide bonds. The molecule has 0 spiro atoms. The van der Waals surface area contributed by atoms with Gasteiger partial charge in [-0.2, -0.15) is 0 Å². The number of carbonyl (C=O) groups excluding carboxylic acids is 1. The first-order valence-corrected chi connectivity index (χ1v) is 9.70. The fraction of sp³-hybridized carbons (Fsp3) is 0.789. The van der Waals surface area contributed by atoms with Gasteiger partial charge in [0.2, 0.25) is 0 Å². The Morgan fingerprint density at radius 3 is 2.58 bits per heavy atom. The van der Waals surface area contributed by atoms with Crippen LogP contribution in [-0.4, -0.2) is 39.6 Å². The largest absolute Gasteiger partial charge is 0.335 e. The molecule has 1 aliphatic heterocycles. The first kappa shape index (κ1) is 17.3. The van der Waals surface area contributed by atoms with Gasteiger partial charge in [-0.3, -0.25) is 0 Å². The van der Waals surface area contributed by atoms with Crippen LogP contribution in [-0.2, 0) is 6.54 Å².